The van der Waals surface area contributed by atoms with Crippen LogP contribution in [0.4, 0.5) is 0 Å². The van der Waals surface area contributed by atoms with E-state index in [1.807, 2.05) is 30.6 Å². The Labute approximate surface area is 156 Å². The molecule has 0 saturated carbocycles. The topological polar surface area (TPSA) is 58.5 Å². The lowest BCUT2D eigenvalue weighted by Gasteiger charge is -2.23. The van der Waals surface area contributed by atoms with Gasteiger partial charge in [-0.15, -0.1) is 0 Å². The van der Waals surface area contributed by atoms with Crippen molar-refractivity contribution in [1.29, 1.82) is 0 Å². The lowest BCUT2D eigenvalue weighted by molar-refractivity contribution is 0.129. The Balaban J connectivity index is 1.88. The van der Waals surface area contributed by atoms with E-state index in [2.05, 4.69) is 60.4 Å². The first-order valence-electron chi connectivity index (χ1n) is 9.00. The van der Waals surface area contributed by atoms with Gasteiger partial charge in [0.15, 0.2) is 5.96 Å². The van der Waals surface area contributed by atoms with Crippen LogP contribution in [0, 0.1) is 6.92 Å². The van der Waals surface area contributed by atoms with Crippen LogP contribution in [-0.4, -0.2) is 30.1 Å². The van der Waals surface area contributed by atoms with Gasteiger partial charge in [0.05, 0.1) is 0 Å². The van der Waals surface area contributed by atoms with Crippen molar-refractivity contribution in [2.45, 2.75) is 46.3 Å². The van der Waals surface area contributed by atoms with E-state index in [1.54, 1.807) is 7.05 Å². The molecule has 0 unspecified atom stereocenters. The summed E-state index contributed by atoms with van der Waals surface area (Å²) >= 11 is 0. The fourth-order valence-corrected chi connectivity index (χ4v) is 2.58. The summed E-state index contributed by atoms with van der Waals surface area (Å²) in [6.07, 6.45) is 4.66. The van der Waals surface area contributed by atoms with E-state index in [-0.39, 0.29) is 5.60 Å². The van der Waals surface area contributed by atoms with E-state index >= 15 is 0 Å². The summed E-state index contributed by atoms with van der Waals surface area (Å²) in [5, 5.41) is 6.72. The minimum absolute atomic E-state index is 0.224. The van der Waals surface area contributed by atoms with Crippen LogP contribution in [0.1, 0.15) is 37.5 Å². The molecule has 0 spiro atoms. The van der Waals surface area contributed by atoms with Crippen molar-refractivity contribution >= 4 is 5.96 Å². The first kappa shape index (κ1) is 19.8. The Bertz CT molecular complexity index is 735. The van der Waals surface area contributed by atoms with Gasteiger partial charge in [-0.3, -0.25) is 9.98 Å². The molecule has 0 fully saturated rings. The molecule has 5 heteroatoms. The zero-order valence-electron chi connectivity index (χ0n) is 16.5. The molecule has 0 atom stereocenters. The van der Waals surface area contributed by atoms with Gasteiger partial charge < -0.3 is 15.4 Å². The molecule has 0 radical (unpaired) electrons. The number of ether oxygens (including phenoxy) is 1. The maximum absolute atomic E-state index is 6.04. The Morgan fingerprint density at radius 3 is 2.58 bits per heavy atom. The number of nitrogens with zero attached hydrogens (tertiary/aromatic N) is 2. The average molecular weight is 354 g/mol. The Hall–Kier alpha value is -2.56. The fourth-order valence-electron chi connectivity index (χ4n) is 2.58. The number of aliphatic imine (C=N–C) groups is 1. The molecular formula is C21H30N4O. The van der Waals surface area contributed by atoms with E-state index < -0.39 is 0 Å². The van der Waals surface area contributed by atoms with E-state index in [9.17, 15) is 0 Å². The zero-order chi connectivity index (χ0) is 19.0. The van der Waals surface area contributed by atoms with Crippen LogP contribution >= 0.6 is 0 Å². The van der Waals surface area contributed by atoms with Gasteiger partial charge in [-0.05, 0) is 57.4 Å². The summed E-state index contributed by atoms with van der Waals surface area (Å²) in [6.45, 7) is 9.71. The van der Waals surface area contributed by atoms with Gasteiger partial charge in [-0.25, -0.2) is 0 Å². The van der Waals surface area contributed by atoms with E-state index in [0.29, 0.717) is 6.54 Å². The average Bonchev–Trinajstić information content (AvgIpc) is 2.59. The van der Waals surface area contributed by atoms with E-state index in [1.165, 1.54) is 11.1 Å². The van der Waals surface area contributed by atoms with Crippen LogP contribution < -0.4 is 15.4 Å². The second-order valence-corrected chi connectivity index (χ2v) is 7.23. The van der Waals surface area contributed by atoms with Gasteiger partial charge in [0.1, 0.15) is 11.4 Å². The number of pyridine rings is 1. The van der Waals surface area contributed by atoms with Crippen LogP contribution in [0.5, 0.6) is 5.75 Å². The standard InChI is InChI=1S/C21H30N4O/c1-16-14-23-12-10-17(16)11-13-24-20(22-5)25-15-18-8-6-7-9-19(18)26-21(2,3)4/h6-10,12,14H,11,13,15H2,1-5H3,(H2,22,24,25). The SMILES string of the molecule is CN=C(NCCc1ccncc1C)NCc1ccccc1OC(C)(C)C. The van der Waals surface area contributed by atoms with Crippen molar-refractivity contribution in [2.24, 2.45) is 4.99 Å². The summed E-state index contributed by atoms with van der Waals surface area (Å²) in [4.78, 5) is 8.43. The first-order chi connectivity index (χ1) is 12.4. The predicted molar refractivity (Wildman–Crippen MR) is 108 cm³/mol. The van der Waals surface area contributed by atoms with Crippen molar-refractivity contribution in [3.05, 3.63) is 59.4 Å². The normalized spacial score (nSPS) is 12.0. The molecule has 2 N–H and O–H groups in total. The number of rotatable bonds is 6. The van der Waals surface area contributed by atoms with E-state index in [4.69, 9.17) is 4.74 Å². The number of nitrogens with one attached hydrogen (secondary N) is 2. The van der Waals surface area contributed by atoms with Crippen LogP contribution in [0.25, 0.3) is 0 Å². The van der Waals surface area contributed by atoms with Gasteiger partial charge in [0, 0.05) is 38.1 Å². The van der Waals surface area contributed by atoms with Gasteiger partial charge in [-0.2, -0.15) is 0 Å². The molecule has 5 nitrogen and oxygen atoms in total. The lowest BCUT2D eigenvalue weighted by atomic mass is 10.1. The molecule has 1 heterocycles. The maximum atomic E-state index is 6.04. The highest BCUT2D eigenvalue weighted by atomic mass is 16.5. The van der Waals surface area contributed by atoms with E-state index in [0.717, 1.165) is 30.2 Å². The molecule has 0 bridgehead atoms. The highest BCUT2D eigenvalue weighted by Crippen LogP contribution is 2.22. The van der Waals surface area contributed by atoms with Gasteiger partial charge in [0.2, 0.25) is 0 Å². The number of hydrogen-bond acceptors (Lipinski definition) is 3. The van der Waals surface area contributed by atoms with Crippen LogP contribution in [0.15, 0.2) is 47.7 Å². The summed E-state index contributed by atoms with van der Waals surface area (Å²) in [6, 6.07) is 10.2. The Morgan fingerprint density at radius 1 is 1.12 bits per heavy atom. The van der Waals surface area contributed by atoms with Gasteiger partial charge in [-0.1, -0.05) is 18.2 Å². The number of benzene rings is 1. The van der Waals surface area contributed by atoms with Gasteiger partial charge >= 0.3 is 0 Å². The molecule has 1 aromatic heterocycles. The fraction of sp³-hybridized carbons (Fsp3) is 0.429. The smallest absolute Gasteiger partial charge is 0.191 e. The number of guanidine groups is 1. The second kappa shape index (κ2) is 9.22. The quantitative estimate of drug-likeness (QED) is 0.616. The number of para-hydroxylation sites is 1. The monoisotopic (exact) mass is 354 g/mol. The summed E-state index contributed by atoms with van der Waals surface area (Å²) in [5.41, 5.74) is 3.39. The number of hydrogen-bond donors (Lipinski definition) is 2. The lowest BCUT2D eigenvalue weighted by Crippen LogP contribution is -2.38. The zero-order valence-corrected chi connectivity index (χ0v) is 16.5. The minimum atomic E-state index is -0.224. The summed E-state index contributed by atoms with van der Waals surface area (Å²) in [7, 11) is 1.78. The largest absolute Gasteiger partial charge is 0.488 e. The molecule has 26 heavy (non-hydrogen) atoms. The second-order valence-electron chi connectivity index (χ2n) is 7.23. The molecule has 140 valence electrons. The molecular weight excluding hydrogens is 324 g/mol. The van der Waals surface area contributed by atoms with Crippen molar-refractivity contribution in [1.82, 2.24) is 15.6 Å². The third kappa shape index (κ3) is 6.39. The molecule has 0 saturated heterocycles. The summed E-state index contributed by atoms with van der Waals surface area (Å²) < 4.78 is 6.04. The van der Waals surface area contributed by atoms with Crippen molar-refractivity contribution < 1.29 is 4.74 Å². The predicted octanol–water partition coefficient (Wildman–Crippen LogP) is 3.48. The molecule has 2 aromatic rings. The van der Waals surface area contributed by atoms with Crippen molar-refractivity contribution in [2.75, 3.05) is 13.6 Å². The third-order valence-electron chi connectivity index (χ3n) is 3.88. The molecule has 0 aliphatic heterocycles. The molecule has 0 aliphatic carbocycles. The highest BCUT2D eigenvalue weighted by Gasteiger charge is 2.14. The minimum Gasteiger partial charge on any atom is -0.488 e. The van der Waals surface area contributed by atoms with Gasteiger partial charge in [0.25, 0.3) is 0 Å². The van der Waals surface area contributed by atoms with Crippen LogP contribution in [0.3, 0.4) is 0 Å². The van der Waals surface area contributed by atoms with Crippen LogP contribution in [0.2, 0.25) is 0 Å². The van der Waals surface area contributed by atoms with Crippen molar-refractivity contribution in [3.63, 3.8) is 0 Å². The number of aromatic nitrogens is 1. The third-order valence-corrected chi connectivity index (χ3v) is 3.88. The molecule has 2 rings (SSSR count). The van der Waals surface area contributed by atoms with Crippen molar-refractivity contribution in [3.8, 4) is 5.75 Å². The molecule has 1 aromatic carbocycles. The molecule has 0 amide bonds. The number of aryl methyl sites for hydroxylation is 1. The van der Waals surface area contributed by atoms with Crippen LogP contribution in [-0.2, 0) is 13.0 Å². The maximum Gasteiger partial charge on any atom is 0.191 e. The Kier molecular flexibility index (Phi) is 7.01. The first-order valence-corrected chi connectivity index (χ1v) is 9.00. The summed E-state index contributed by atoms with van der Waals surface area (Å²) in [5.74, 6) is 1.68. The Morgan fingerprint density at radius 2 is 1.88 bits per heavy atom. The molecule has 0 aliphatic rings. The highest BCUT2D eigenvalue weighted by molar-refractivity contribution is 5.79.